The number of carbonyl (C=O) groups is 8. The molecule has 0 saturated carbocycles. The van der Waals surface area contributed by atoms with Crippen LogP contribution in [0.3, 0.4) is 0 Å². The van der Waals surface area contributed by atoms with Crippen LogP contribution in [0.1, 0.15) is 73.3 Å². The molecule has 4 amide bonds. The highest BCUT2D eigenvalue weighted by atomic mass is 35.5. The molecule has 8 aromatic rings. The van der Waals surface area contributed by atoms with Crippen molar-refractivity contribution in [1.29, 1.82) is 0 Å². The number of esters is 2. The van der Waals surface area contributed by atoms with Gasteiger partial charge in [0.2, 0.25) is 0 Å². The van der Waals surface area contributed by atoms with Crippen molar-refractivity contribution in [2.75, 3.05) is 76.8 Å². The quantitative estimate of drug-likeness (QED) is 0.0368. The third-order valence-electron chi connectivity index (χ3n) is 12.3. The minimum Gasteiger partial charge on any atom is -0.477 e. The van der Waals surface area contributed by atoms with E-state index in [2.05, 4.69) is 46.3 Å². The topological polar surface area (TPSA) is 393 Å². The summed E-state index contributed by atoms with van der Waals surface area (Å²) in [6, 6.07) is 19.2. The highest BCUT2D eigenvalue weighted by Gasteiger charge is 2.43. The van der Waals surface area contributed by atoms with Gasteiger partial charge in [-0.1, -0.05) is 24.3 Å². The highest BCUT2D eigenvalue weighted by Crippen LogP contribution is 2.36. The zero-order chi connectivity index (χ0) is 59.6. The molecule has 0 bridgehead atoms. The summed E-state index contributed by atoms with van der Waals surface area (Å²) < 4.78 is 9.40. The van der Waals surface area contributed by atoms with E-state index in [-0.39, 0.29) is 60.3 Å². The molecule has 2 unspecified atom stereocenters. The number of rotatable bonds is 18. The van der Waals surface area contributed by atoms with Crippen molar-refractivity contribution in [3.63, 3.8) is 0 Å². The third kappa shape index (κ3) is 15.0. The second-order valence-electron chi connectivity index (χ2n) is 17.6. The number of ether oxygens (including phenoxy) is 2. The Morgan fingerprint density at radius 3 is 1.21 bits per heavy atom. The number of methoxy groups -OCH3 is 2. The SMILES string of the molecule is COC(=O)c1sccc1Nc1nc(C(=O)Nc2ccccc2N2CCC(O)(C(N)=O)C2)cs1.COC(=O)c1sccc1Nc1nc(C(=O)O)cs1.Cl.NC(=O)C1(O)CCN(c2ccccc2NC(=O)c2csc(Nc3ccsc3C(=O)O)n2)C1. The van der Waals surface area contributed by atoms with Crippen LogP contribution in [0, 0.1) is 0 Å². The maximum Gasteiger partial charge on any atom is 0.355 e. The van der Waals surface area contributed by atoms with Crippen LogP contribution in [0.5, 0.6) is 0 Å². The first-order chi connectivity index (χ1) is 39.7. The maximum absolute atomic E-state index is 12.8. The van der Waals surface area contributed by atoms with Gasteiger partial charge in [0.15, 0.2) is 32.3 Å². The predicted molar refractivity (Wildman–Crippen MR) is 324 cm³/mol. The van der Waals surface area contributed by atoms with Crippen LogP contribution in [0.2, 0.25) is 0 Å². The fraction of sp³-hybridized carbons (Fsp3) is 0.196. The molecule has 2 saturated heterocycles. The molecule has 0 aliphatic carbocycles. The Morgan fingerprint density at radius 2 is 0.869 bits per heavy atom. The molecule has 2 atom stereocenters. The summed E-state index contributed by atoms with van der Waals surface area (Å²) in [5, 5.41) is 64.2. The lowest BCUT2D eigenvalue weighted by molar-refractivity contribution is -0.134. The van der Waals surface area contributed by atoms with E-state index in [1.807, 2.05) is 0 Å². The molecule has 8 heterocycles. The molecule has 10 rings (SSSR count). The van der Waals surface area contributed by atoms with Gasteiger partial charge in [-0.15, -0.1) is 80.4 Å². The normalized spacial score (nSPS) is 15.9. The molecule has 440 valence electrons. The molecule has 0 spiro atoms. The number of aromatic carboxylic acids is 2. The van der Waals surface area contributed by atoms with Crippen molar-refractivity contribution in [3.8, 4) is 0 Å². The number of nitrogens with two attached hydrogens (primary N) is 2. The first-order valence-corrected chi connectivity index (χ1v) is 29.4. The number of para-hydroxylation sites is 4. The number of thiophene rings is 3. The predicted octanol–water partition coefficient (Wildman–Crippen LogP) is 7.59. The molecule has 6 aromatic heterocycles. The van der Waals surface area contributed by atoms with E-state index in [0.717, 1.165) is 22.7 Å². The molecule has 26 nitrogen and oxygen atoms in total. The molecule has 0 radical (unpaired) electrons. The van der Waals surface area contributed by atoms with Crippen LogP contribution >= 0.6 is 80.4 Å². The Morgan fingerprint density at radius 1 is 0.512 bits per heavy atom. The van der Waals surface area contributed by atoms with Crippen LogP contribution < -0.4 is 47.9 Å². The summed E-state index contributed by atoms with van der Waals surface area (Å²) in [7, 11) is 2.61. The third-order valence-corrected chi connectivity index (χ3v) is 17.2. The molecule has 13 N–H and O–H groups in total. The molecular weight excluding hydrogens is 1230 g/mol. The molecule has 2 aliphatic heterocycles. The fourth-order valence-corrected chi connectivity index (χ4v) is 12.3. The zero-order valence-electron chi connectivity index (χ0n) is 43.7. The van der Waals surface area contributed by atoms with Gasteiger partial charge in [0, 0.05) is 42.1 Å². The monoisotopic (exact) mass is 1280 g/mol. The Labute approximate surface area is 506 Å². The number of carboxylic acids is 2. The van der Waals surface area contributed by atoms with E-state index in [1.165, 1.54) is 64.9 Å². The van der Waals surface area contributed by atoms with Crippen molar-refractivity contribution >= 4 is 183 Å². The van der Waals surface area contributed by atoms with Gasteiger partial charge in [-0.25, -0.2) is 34.1 Å². The summed E-state index contributed by atoms with van der Waals surface area (Å²) in [5.74, 6) is -5.44. The van der Waals surface area contributed by atoms with E-state index in [0.29, 0.717) is 78.1 Å². The molecule has 2 fully saturated rings. The number of thiazole rings is 3. The van der Waals surface area contributed by atoms with Crippen LogP contribution in [0.15, 0.2) is 99.0 Å². The number of nitrogens with zero attached hydrogens (tertiary/aromatic N) is 5. The Bertz CT molecular complexity index is 3730. The van der Waals surface area contributed by atoms with Gasteiger partial charge >= 0.3 is 23.9 Å². The van der Waals surface area contributed by atoms with E-state index in [4.69, 9.17) is 21.3 Å². The number of carbonyl (C=O) groups excluding carboxylic acids is 6. The number of benzene rings is 2. The van der Waals surface area contributed by atoms with E-state index in [9.17, 15) is 53.7 Å². The minimum absolute atomic E-state index is 0. The van der Waals surface area contributed by atoms with E-state index in [1.54, 1.807) is 103 Å². The van der Waals surface area contributed by atoms with Gasteiger partial charge in [-0.05, 0) is 58.6 Å². The first kappa shape index (κ1) is 63.0. The maximum atomic E-state index is 12.8. The second kappa shape index (κ2) is 27.7. The Kier molecular flexibility index (Phi) is 20.7. The van der Waals surface area contributed by atoms with E-state index < -0.39 is 58.7 Å². The van der Waals surface area contributed by atoms with Crippen LogP contribution in [0.25, 0.3) is 0 Å². The number of amides is 4. The number of β-amino-alcohol motifs (C(OH)–C–C–N with tert-alkyl or cyclic N) is 2. The Balaban J connectivity index is 0.000000188. The van der Waals surface area contributed by atoms with Crippen molar-refractivity contribution in [1.82, 2.24) is 15.0 Å². The number of anilines is 10. The number of primary amides is 2. The number of hydrogen-bond donors (Lipinski definition) is 11. The number of hydrogen-bond acceptors (Lipinski definition) is 26. The summed E-state index contributed by atoms with van der Waals surface area (Å²) in [6.45, 7) is 0.902. The number of halogens is 1. The molecule has 2 aromatic carbocycles. The van der Waals surface area contributed by atoms with Gasteiger partial charge in [0.1, 0.15) is 26.0 Å². The molecular formula is C51H49ClN12O14S6. The van der Waals surface area contributed by atoms with Crippen LogP contribution in [-0.2, 0) is 19.1 Å². The average molecular weight is 1280 g/mol. The number of carboxylic acid groups (broad SMARTS) is 2. The van der Waals surface area contributed by atoms with Gasteiger partial charge in [0.05, 0.1) is 67.1 Å². The lowest BCUT2D eigenvalue weighted by atomic mass is 10.0. The molecule has 33 heteroatoms. The number of aromatic nitrogens is 3. The van der Waals surface area contributed by atoms with Gasteiger partial charge in [-0.3, -0.25) is 19.2 Å². The van der Waals surface area contributed by atoms with Gasteiger partial charge in [-0.2, -0.15) is 0 Å². The van der Waals surface area contributed by atoms with Crippen molar-refractivity contribution in [2.24, 2.45) is 11.5 Å². The summed E-state index contributed by atoms with van der Waals surface area (Å²) in [5.41, 5.74) is 11.6. The summed E-state index contributed by atoms with van der Waals surface area (Å²) >= 11 is 7.12. The Hall–Kier alpha value is -8.60. The second-order valence-corrected chi connectivity index (χ2v) is 23.0. The lowest BCUT2D eigenvalue weighted by Crippen LogP contribution is -2.46. The fourth-order valence-electron chi connectivity index (χ4n) is 8.02. The van der Waals surface area contributed by atoms with Gasteiger partial charge < -0.3 is 77.8 Å². The standard InChI is InChI=1S/C21H21N5O5S2.C20H19N5O5S2.C10H8N2O4S2.ClH/c1-31-18(28)16-13(6-9-32-16)24-20-25-14(10-33-20)17(27)23-12-4-2-3-5-15(12)26-8-7-21(30,11-26)19(22)29;21-18(29)20(30)6-7-25(10-20)14-4-2-1-3-11(14)22-16(26)13-9-32-19(24-13)23-12-5-8-31-15(12)17(27)28;1-16-9(15)7-5(2-3-17-7)11-10-12-6(4-18-10)8(13)14;/h2-6,9-10,30H,7-8,11H2,1H3,(H2,22,29)(H,23,27)(H,24,25);1-5,8-9,30H,6-7,10H2,(H2,21,29)(H,22,26)(H,23,24)(H,27,28);2-4H,1H3,(H,11,12)(H,13,14);1H. The van der Waals surface area contributed by atoms with Gasteiger partial charge in [0.25, 0.3) is 23.6 Å². The minimum atomic E-state index is -1.61. The summed E-state index contributed by atoms with van der Waals surface area (Å²) in [4.78, 5) is 111. The van der Waals surface area contributed by atoms with E-state index >= 15 is 0 Å². The highest BCUT2D eigenvalue weighted by molar-refractivity contribution is 7.15. The van der Waals surface area contributed by atoms with Crippen molar-refractivity contribution in [2.45, 2.75) is 24.0 Å². The largest absolute Gasteiger partial charge is 0.477 e. The molecule has 84 heavy (non-hydrogen) atoms. The smallest absolute Gasteiger partial charge is 0.355 e. The first-order valence-electron chi connectivity index (χ1n) is 24.1. The summed E-state index contributed by atoms with van der Waals surface area (Å²) in [6.07, 6.45) is 0.411. The number of aliphatic hydroxyl groups is 2. The van der Waals surface area contributed by atoms with Crippen LogP contribution in [0.4, 0.5) is 55.2 Å². The zero-order valence-corrected chi connectivity index (χ0v) is 49.4. The van der Waals surface area contributed by atoms with Crippen molar-refractivity contribution in [3.05, 3.63) is 131 Å². The average Bonchev–Trinajstić information content (AvgIpc) is 3.59. The van der Waals surface area contributed by atoms with Crippen molar-refractivity contribution < 1.29 is 68.3 Å². The van der Waals surface area contributed by atoms with Crippen LogP contribution in [-0.4, -0.2) is 134 Å². The molecule has 2 aliphatic rings. The number of nitrogens with one attached hydrogen (secondary N) is 5. The lowest BCUT2D eigenvalue weighted by Gasteiger charge is -2.24.